The van der Waals surface area contributed by atoms with Crippen LogP contribution in [0.3, 0.4) is 0 Å². The van der Waals surface area contributed by atoms with Gasteiger partial charge < -0.3 is 5.32 Å². The smallest absolute Gasteiger partial charge is 0.251 e. The van der Waals surface area contributed by atoms with Crippen LogP contribution in [0.1, 0.15) is 48.0 Å². The van der Waals surface area contributed by atoms with Gasteiger partial charge in [-0.05, 0) is 37.5 Å². The monoisotopic (exact) mass is 258 g/mol. The second kappa shape index (κ2) is 6.30. The Labute approximate surface area is 112 Å². The molecule has 0 bridgehead atoms. The van der Waals surface area contributed by atoms with E-state index in [1.54, 1.807) is 25.1 Å². The molecular formula is C15H18N2O2. The number of hydrogen-bond acceptors (Lipinski definition) is 3. The normalized spacial score (nSPS) is 15.6. The van der Waals surface area contributed by atoms with Crippen molar-refractivity contribution in [2.24, 2.45) is 4.99 Å². The summed E-state index contributed by atoms with van der Waals surface area (Å²) in [6, 6.07) is 5.48. The number of amides is 1. The quantitative estimate of drug-likeness (QED) is 0.669. The average Bonchev–Trinajstić information content (AvgIpc) is 2.42. The molecule has 0 unspecified atom stereocenters. The fraction of sp³-hybridized carbons (Fsp3) is 0.467. The Hall–Kier alpha value is -1.93. The third-order valence-corrected chi connectivity index (χ3v) is 3.66. The van der Waals surface area contributed by atoms with Gasteiger partial charge in [0.2, 0.25) is 6.08 Å². The standard InChI is InChI=1S/C15H18N2O2/c1-11-13(8-5-9-14(11)16-10-18)15(19)17-12-6-3-2-4-7-12/h5,8-9,12H,2-4,6-7H2,1H3,(H,17,19). The van der Waals surface area contributed by atoms with E-state index >= 15 is 0 Å². The molecule has 1 aromatic carbocycles. The number of hydrogen-bond donors (Lipinski definition) is 1. The molecule has 0 saturated heterocycles. The van der Waals surface area contributed by atoms with E-state index < -0.39 is 0 Å². The lowest BCUT2D eigenvalue weighted by molar-refractivity contribution is 0.0927. The van der Waals surface area contributed by atoms with Gasteiger partial charge in [0, 0.05) is 11.6 Å². The van der Waals surface area contributed by atoms with Gasteiger partial charge in [-0.15, -0.1) is 0 Å². The molecule has 0 aromatic heterocycles. The highest BCUT2D eigenvalue weighted by Gasteiger charge is 2.18. The first-order valence-corrected chi connectivity index (χ1v) is 6.70. The fourth-order valence-corrected chi connectivity index (χ4v) is 2.55. The SMILES string of the molecule is Cc1c(N=C=O)cccc1C(=O)NC1CCCCC1. The summed E-state index contributed by atoms with van der Waals surface area (Å²) in [5.41, 5.74) is 1.81. The first-order chi connectivity index (χ1) is 9.22. The van der Waals surface area contributed by atoms with Crippen LogP contribution in [0, 0.1) is 6.92 Å². The molecule has 2 rings (SSSR count). The van der Waals surface area contributed by atoms with Crippen molar-refractivity contribution in [3.63, 3.8) is 0 Å². The number of isocyanates is 1. The first kappa shape index (κ1) is 13.5. The Balaban J connectivity index is 2.14. The van der Waals surface area contributed by atoms with E-state index in [9.17, 15) is 9.59 Å². The number of aliphatic imine (C=N–C) groups is 1. The molecule has 1 aliphatic carbocycles. The van der Waals surface area contributed by atoms with Crippen molar-refractivity contribution in [2.75, 3.05) is 0 Å². The number of nitrogens with one attached hydrogen (secondary N) is 1. The van der Waals surface area contributed by atoms with E-state index in [4.69, 9.17) is 0 Å². The minimum atomic E-state index is -0.0765. The van der Waals surface area contributed by atoms with Crippen molar-refractivity contribution < 1.29 is 9.59 Å². The van der Waals surface area contributed by atoms with E-state index in [0.717, 1.165) is 18.4 Å². The molecule has 0 spiro atoms. The van der Waals surface area contributed by atoms with Gasteiger partial charge in [0.05, 0.1) is 5.69 Å². The Kier molecular flexibility index (Phi) is 4.48. The van der Waals surface area contributed by atoms with Crippen molar-refractivity contribution in [2.45, 2.75) is 45.1 Å². The van der Waals surface area contributed by atoms with Crippen LogP contribution >= 0.6 is 0 Å². The van der Waals surface area contributed by atoms with Gasteiger partial charge in [0.15, 0.2) is 0 Å². The molecule has 0 heterocycles. The predicted octanol–water partition coefficient (Wildman–Crippen LogP) is 3.02. The van der Waals surface area contributed by atoms with Crippen LogP contribution in [-0.2, 0) is 4.79 Å². The molecule has 1 amide bonds. The molecule has 0 radical (unpaired) electrons. The fourth-order valence-electron chi connectivity index (χ4n) is 2.55. The molecule has 0 aliphatic heterocycles. The molecule has 1 fully saturated rings. The molecule has 1 aliphatic rings. The van der Waals surface area contributed by atoms with Crippen LogP contribution in [0.15, 0.2) is 23.2 Å². The van der Waals surface area contributed by atoms with Crippen LogP contribution in [0.25, 0.3) is 0 Å². The zero-order valence-corrected chi connectivity index (χ0v) is 11.1. The Morgan fingerprint density at radius 2 is 2.05 bits per heavy atom. The molecule has 4 heteroatoms. The maximum absolute atomic E-state index is 12.2. The van der Waals surface area contributed by atoms with E-state index in [1.807, 2.05) is 0 Å². The highest BCUT2D eigenvalue weighted by molar-refractivity contribution is 5.97. The Bertz CT molecular complexity index is 513. The van der Waals surface area contributed by atoms with Gasteiger partial charge in [0.1, 0.15) is 0 Å². The van der Waals surface area contributed by atoms with Gasteiger partial charge in [-0.2, -0.15) is 4.99 Å². The van der Waals surface area contributed by atoms with E-state index in [1.165, 1.54) is 25.3 Å². The van der Waals surface area contributed by atoms with Crippen molar-refractivity contribution in [3.8, 4) is 0 Å². The van der Waals surface area contributed by atoms with Gasteiger partial charge >= 0.3 is 0 Å². The van der Waals surface area contributed by atoms with Crippen LogP contribution in [-0.4, -0.2) is 18.0 Å². The Morgan fingerprint density at radius 3 is 2.74 bits per heavy atom. The van der Waals surface area contributed by atoms with E-state index in [2.05, 4.69) is 10.3 Å². The second-order valence-electron chi connectivity index (χ2n) is 4.96. The maximum atomic E-state index is 12.2. The topological polar surface area (TPSA) is 58.5 Å². The molecule has 1 N–H and O–H groups in total. The highest BCUT2D eigenvalue weighted by Crippen LogP contribution is 2.22. The Morgan fingerprint density at radius 1 is 1.32 bits per heavy atom. The summed E-state index contributed by atoms with van der Waals surface area (Å²) in [5.74, 6) is -0.0765. The van der Waals surface area contributed by atoms with Crippen LogP contribution < -0.4 is 5.32 Å². The number of nitrogens with zero attached hydrogens (tertiary/aromatic N) is 1. The number of rotatable bonds is 3. The molecule has 100 valence electrons. The zero-order valence-electron chi connectivity index (χ0n) is 11.1. The van der Waals surface area contributed by atoms with Gasteiger partial charge in [0.25, 0.3) is 5.91 Å². The second-order valence-corrected chi connectivity index (χ2v) is 4.96. The van der Waals surface area contributed by atoms with Crippen LogP contribution in [0.4, 0.5) is 5.69 Å². The van der Waals surface area contributed by atoms with Crippen molar-refractivity contribution in [1.29, 1.82) is 0 Å². The third-order valence-electron chi connectivity index (χ3n) is 3.66. The number of benzene rings is 1. The molecule has 19 heavy (non-hydrogen) atoms. The van der Waals surface area contributed by atoms with Crippen LogP contribution in [0.5, 0.6) is 0 Å². The summed E-state index contributed by atoms with van der Waals surface area (Å²) in [4.78, 5) is 26.2. The molecule has 1 saturated carbocycles. The highest BCUT2D eigenvalue weighted by atomic mass is 16.1. The van der Waals surface area contributed by atoms with E-state index in [0.29, 0.717) is 11.3 Å². The lowest BCUT2D eigenvalue weighted by Gasteiger charge is -2.23. The molecule has 1 aromatic rings. The maximum Gasteiger partial charge on any atom is 0.251 e. The zero-order chi connectivity index (χ0) is 13.7. The molecular weight excluding hydrogens is 240 g/mol. The first-order valence-electron chi connectivity index (χ1n) is 6.70. The molecule has 0 atom stereocenters. The summed E-state index contributed by atoms with van der Waals surface area (Å²) in [7, 11) is 0. The summed E-state index contributed by atoms with van der Waals surface area (Å²) in [6.45, 7) is 1.80. The van der Waals surface area contributed by atoms with Crippen LogP contribution in [0.2, 0.25) is 0 Å². The lowest BCUT2D eigenvalue weighted by Crippen LogP contribution is -2.36. The molecule has 4 nitrogen and oxygen atoms in total. The third kappa shape index (κ3) is 3.30. The van der Waals surface area contributed by atoms with E-state index in [-0.39, 0.29) is 11.9 Å². The average molecular weight is 258 g/mol. The lowest BCUT2D eigenvalue weighted by atomic mass is 9.95. The number of carbonyl (C=O) groups is 1. The largest absolute Gasteiger partial charge is 0.349 e. The summed E-state index contributed by atoms with van der Waals surface area (Å²) < 4.78 is 0. The predicted molar refractivity (Wildman–Crippen MR) is 73.3 cm³/mol. The minimum absolute atomic E-state index is 0.0765. The van der Waals surface area contributed by atoms with Crippen molar-refractivity contribution >= 4 is 17.7 Å². The number of carbonyl (C=O) groups excluding carboxylic acids is 2. The van der Waals surface area contributed by atoms with Gasteiger partial charge in [-0.3, -0.25) is 4.79 Å². The van der Waals surface area contributed by atoms with Gasteiger partial charge in [-0.25, -0.2) is 4.79 Å². The van der Waals surface area contributed by atoms with Crippen molar-refractivity contribution in [1.82, 2.24) is 5.32 Å². The summed E-state index contributed by atoms with van der Waals surface area (Å²) >= 11 is 0. The van der Waals surface area contributed by atoms with Crippen molar-refractivity contribution in [3.05, 3.63) is 29.3 Å². The minimum Gasteiger partial charge on any atom is -0.349 e. The summed E-state index contributed by atoms with van der Waals surface area (Å²) in [6.07, 6.45) is 7.24. The summed E-state index contributed by atoms with van der Waals surface area (Å²) in [5, 5.41) is 3.07. The van der Waals surface area contributed by atoms with Gasteiger partial charge in [-0.1, -0.05) is 25.3 Å².